The van der Waals surface area contributed by atoms with E-state index in [9.17, 15) is 0 Å². The standard InChI is InChI=1S/C15H29N3O/c1-6-12(2)10-13(3)16-15-17-14(4)11-18(15)8-7-9-19-5/h11-13H,6-10H2,1-5H3,(H,16,17). The van der Waals surface area contributed by atoms with Gasteiger partial charge in [-0.1, -0.05) is 20.3 Å². The van der Waals surface area contributed by atoms with Crippen molar-refractivity contribution in [2.75, 3.05) is 19.0 Å². The summed E-state index contributed by atoms with van der Waals surface area (Å²) in [5.74, 6) is 1.74. The molecule has 0 aliphatic heterocycles. The summed E-state index contributed by atoms with van der Waals surface area (Å²) >= 11 is 0. The van der Waals surface area contributed by atoms with Crippen LogP contribution in [0, 0.1) is 12.8 Å². The number of nitrogens with one attached hydrogen (secondary N) is 1. The molecule has 1 N–H and O–H groups in total. The molecule has 0 saturated carbocycles. The topological polar surface area (TPSA) is 39.1 Å². The van der Waals surface area contributed by atoms with Gasteiger partial charge < -0.3 is 14.6 Å². The second-order valence-electron chi connectivity index (χ2n) is 5.54. The number of aromatic nitrogens is 2. The first-order valence-electron chi connectivity index (χ1n) is 7.36. The van der Waals surface area contributed by atoms with Crippen LogP contribution in [-0.2, 0) is 11.3 Å². The molecule has 1 rings (SSSR count). The van der Waals surface area contributed by atoms with Crippen molar-refractivity contribution in [2.45, 2.75) is 59.5 Å². The van der Waals surface area contributed by atoms with Gasteiger partial charge in [0.05, 0.1) is 5.69 Å². The Morgan fingerprint density at radius 3 is 2.79 bits per heavy atom. The van der Waals surface area contributed by atoms with Crippen LogP contribution in [0.1, 0.15) is 45.7 Å². The Balaban J connectivity index is 2.56. The van der Waals surface area contributed by atoms with Crippen molar-refractivity contribution < 1.29 is 4.74 Å². The van der Waals surface area contributed by atoms with Gasteiger partial charge in [0.25, 0.3) is 0 Å². The fourth-order valence-corrected chi connectivity index (χ4v) is 2.26. The highest BCUT2D eigenvalue weighted by Crippen LogP contribution is 2.15. The number of aryl methyl sites for hydroxylation is 2. The lowest BCUT2D eigenvalue weighted by Crippen LogP contribution is -2.21. The van der Waals surface area contributed by atoms with Crippen LogP contribution in [0.15, 0.2) is 6.20 Å². The van der Waals surface area contributed by atoms with E-state index in [1.807, 2.05) is 6.92 Å². The summed E-state index contributed by atoms with van der Waals surface area (Å²) in [7, 11) is 1.74. The summed E-state index contributed by atoms with van der Waals surface area (Å²) in [5, 5.41) is 3.53. The number of imidazole rings is 1. The van der Waals surface area contributed by atoms with E-state index >= 15 is 0 Å². The lowest BCUT2D eigenvalue weighted by atomic mass is 10.0. The summed E-state index contributed by atoms with van der Waals surface area (Å²) in [4.78, 5) is 4.57. The molecule has 0 aliphatic rings. The van der Waals surface area contributed by atoms with E-state index in [1.165, 1.54) is 12.8 Å². The van der Waals surface area contributed by atoms with Crippen LogP contribution in [0.3, 0.4) is 0 Å². The summed E-state index contributed by atoms with van der Waals surface area (Å²) in [6.45, 7) is 10.6. The fraction of sp³-hybridized carbons (Fsp3) is 0.800. The number of hydrogen-bond acceptors (Lipinski definition) is 3. The van der Waals surface area contributed by atoms with Gasteiger partial charge in [0, 0.05) is 32.5 Å². The third-order valence-corrected chi connectivity index (χ3v) is 3.47. The average molecular weight is 267 g/mol. The van der Waals surface area contributed by atoms with Crippen LogP contribution in [-0.4, -0.2) is 29.3 Å². The Kier molecular flexibility index (Phi) is 6.92. The van der Waals surface area contributed by atoms with Crippen LogP contribution in [0.2, 0.25) is 0 Å². The molecule has 2 atom stereocenters. The van der Waals surface area contributed by atoms with Crippen LogP contribution in [0.25, 0.3) is 0 Å². The minimum atomic E-state index is 0.456. The number of anilines is 1. The second-order valence-corrected chi connectivity index (χ2v) is 5.54. The van der Waals surface area contributed by atoms with E-state index in [0.29, 0.717) is 6.04 Å². The molecule has 2 unspecified atom stereocenters. The van der Waals surface area contributed by atoms with Gasteiger partial charge in [-0.2, -0.15) is 0 Å². The van der Waals surface area contributed by atoms with Crippen molar-refractivity contribution >= 4 is 5.95 Å². The summed E-state index contributed by atoms with van der Waals surface area (Å²) in [6, 6.07) is 0.456. The molecule has 110 valence electrons. The Morgan fingerprint density at radius 1 is 1.42 bits per heavy atom. The van der Waals surface area contributed by atoms with Gasteiger partial charge in [-0.25, -0.2) is 4.98 Å². The van der Waals surface area contributed by atoms with Crippen molar-refractivity contribution in [3.05, 3.63) is 11.9 Å². The number of rotatable bonds is 9. The van der Waals surface area contributed by atoms with Gasteiger partial charge >= 0.3 is 0 Å². The zero-order valence-electron chi connectivity index (χ0n) is 13.1. The molecule has 4 nitrogen and oxygen atoms in total. The number of ether oxygens (including phenoxy) is 1. The molecule has 1 heterocycles. The lowest BCUT2D eigenvalue weighted by molar-refractivity contribution is 0.190. The average Bonchev–Trinajstić information content (AvgIpc) is 2.69. The highest BCUT2D eigenvalue weighted by atomic mass is 16.5. The van der Waals surface area contributed by atoms with E-state index in [0.717, 1.165) is 37.1 Å². The van der Waals surface area contributed by atoms with Crippen LogP contribution >= 0.6 is 0 Å². The molecular weight excluding hydrogens is 238 g/mol. The first kappa shape index (κ1) is 16.0. The van der Waals surface area contributed by atoms with Crippen molar-refractivity contribution in [1.82, 2.24) is 9.55 Å². The lowest BCUT2D eigenvalue weighted by Gasteiger charge is -2.19. The van der Waals surface area contributed by atoms with E-state index in [-0.39, 0.29) is 0 Å². The Labute approximate surface area is 117 Å². The third-order valence-electron chi connectivity index (χ3n) is 3.47. The van der Waals surface area contributed by atoms with E-state index in [4.69, 9.17) is 4.74 Å². The molecule has 0 saturated heterocycles. The highest BCUT2D eigenvalue weighted by Gasteiger charge is 2.11. The maximum Gasteiger partial charge on any atom is 0.203 e. The van der Waals surface area contributed by atoms with Gasteiger partial charge in [0.1, 0.15) is 0 Å². The zero-order chi connectivity index (χ0) is 14.3. The molecular formula is C15H29N3O. The minimum Gasteiger partial charge on any atom is -0.385 e. The summed E-state index contributed by atoms with van der Waals surface area (Å²) in [6.07, 6.45) is 5.53. The summed E-state index contributed by atoms with van der Waals surface area (Å²) < 4.78 is 7.30. The summed E-state index contributed by atoms with van der Waals surface area (Å²) in [5.41, 5.74) is 1.07. The van der Waals surface area contributed by atoms with Crippen LogP contribution < -0.4 is 5.32 Å². The first-order valence-corrected chi connectivity index (χ1v) is 7.36. The van der Waals surface area contributed by atoms with Crippen molar-refractivity contribution in [2.24, 2.45) is 5.92 Å². The van der Waals surface area contributed by atoms with E-state index in [2.05, 4.69) is 41.8 Å². The SMILES string of the molecule is CCC(C)CC(C)Nc1nc(C)cn1CCCOC. The molecule has 0 fully saturated rings. The zero-order valence-corrected chi connectivity index (χ0v) is 13.1. The normalized spacial score (nSPS) is 14.4. The van der Waals surface area contributed by atoms with Gasteiger partial charge in [0.2, 0.25) is 5.95 Å². The first-order chi connectivity index (χ1) is 9.06. The Bertz CT molecular complexity index is 362. The van der Waals surface area contributed by atoms with E-state index in [1.54, 1.807) is 7.11 Å². The smallest absolute Gasteiger partial charge is 0.203 e. The van der Waals surface area contributed by atoms with Crippen LogP contribution in [0.4, 0.5) is 5.95 Å². The second kappa shape index (κ2) is 8.20. The van der Waals surface area contributed by atoms with Crippen molar-refractivity contribution in [3.8, 4) is 0 Å². The molecule has 0 spiro atoms. The molecule has 0 bridgehead atoms. The van der Waals surface area contributed by atoms with Gasteiger partial charge in [0.15, 0.2) is 0 Å². The minimum absolute atomic E-state index is 0.456. The predicted octanol–water partition coefficient (Wildman–Crippen LogP) is 3.46. The van der Waals surface area contributed by atoms with Gasteiger partial charge in [-0.05, 0) is 32.6 Å². The maximum atomic E-state index is 5.10. The van der Waals surface area contributed by atoms with Gasteiger partial charge in [-0.15, -0.1) is 0 Å². The molecule has 19 heavy (non-hydrogen) atoms. The van der Waals surface area contributed by atoms with E-state index < -0.39 is 0 Å². The third kappa shape index (κ3) is 5.64. The molecule has 1 aromatic heterocycles. The molecule has 0 aromatic carbocycles. The predicted molar refractivity (Wildman–Crippen MR) is 80.6 cm³/mol. The van der Waals surface area contributed by atoms with Gasteiger partial charge in [-0.3, -0.25) is 0 Å². The fourth-order valence-electron chi connectivity index (χ4n) is 2.26. The van der Waals surface area contributed by atoms with Crippen molar-refractivity contribution in [1.29, 1.82) is 0 Å². The largest absolute Gasteiger partial charge is 0.385 e. The number of methoxy groups -OCH3 is 1. The molecule has 4 heteroatoms. The number of hydrogen-bond donors (Lipinski definition) is 1. The molecule has 0 aliphatic carbocycles. The maximum absolute atomic E-state index is 5.10. The Morgan fingerprint density at radius 2 is 2.16 bits per heavy atom. The van der Waals surface area contributed by atoms with Crippen molar-refractivity contribution in [3.63, 3.8) is 0 Å². The highest BCUT2D eigenvalue weighted by molar-refractivity contribution is 5.29. The molecule has 0 amide bonds. The molecule has 0 radical (unpaired) electrons. The molecule has 1 aromatic rings. The number of nitrogens with zero attached hydrogens (tertiary/aromatic N) is 2. The quantitative estimate of drug-likeness (QED) is 0.696. The monoisotopic (exact) mass is 267 g/mol. The Hall–Kier alpha value is -1.03. The van der Waals surface area contributed by atoms with Crippen LogP contribution in [0.5, 0.6) is 0 Å².